The zero-order valence-corrected chi connectivity index (χ0v) is 10.6. The van der Waals surface area contributed by atoms with Gasteiger partial charge in [-0.15, -0.1) is 17.9 Å². The molecule has 86 valence electrons. The van der Waals surface area contributed by atoms with Crippen molar-refractivity contribution in [3.63, 3.8) is 0 Å². The molecule has 0 radical (unpaired) electrons. The third-order valence-electron chi connectivity index (χ3n) is 2.56. The predicted molar refractivity (Wildman–Crippen MR) is 69.1 cm³/mol. The van der Waals surface area contributed by atoms with Gasteiger partial charge in [-0.2, -0.15) is 0 Å². The van der Waals surface area contributed by atoms with Crippen molar-refractivity contribution in [2.45, 2.75) is 26.8 Å². The first-order valence-corrected chi connectivity index (χ1v) is 6.29. The normalized spacial score (nSPS) is 11.1. The van der Waals surface area contributed by atoms with E-state index in [-0.39, 0.29) is 0 Å². The summed E-state index contributed by atoms with van der Waals surface area (Å²) in [4.78, 5) is 6.95. The number of fused-ring (bicyclic) bond motifs is 1. The predicted octanol–water partition coefficient (Wildman–Crippen LogP) is 2.68. The summed E-state index contributed by atoms with van der Waals surface area (Å²) in [5.74, 6) is 0. The van der Waals surface area contributed by atoms with Crippen LogP contribution in [-0.4, -0.2) is 15.9 Å². The van der Waals surface area contributed by atoms with Gasteiger partial charge < -0.3 is 5.32 Å². The molecule has 0 aliphatic rings. The molecule has 0 aliphatic carbocycles. The van der Waals surface area contributed by atoms with E-state index in [9.17, 15) is 0 Å². The van der Waals surface area contributed by atoms with Crippen LogP contribution in [0.5, 0.6) is 0 Å². The third kappa shape index (κ3) is 2.18. The smallest absolute Gasteiger partial charge is 0.194 e. The molecule has 2 heterocycles. The third-order valence-corrected chi connectivity index (χ3v) is 3.46. The number of hydrogen-bond donors (Lipinski definition) is 1. The fraction of sp³-hybridized carbons (Fsp3) is 0.417. The first-order valence-electron chi connectivity index (χ1n) is 5.48. The highest BCUT2D eigenvalue weighted by molar-refractivity contribution is 7.17. The maximum absolute atomic E-state index is 4.55. The quantitative estimate of drug-likeness (QED) is 0.638. The van der Waals surface area contributed by atoms with E-state index in [2.05, 4.69) is 41.3 Å². The average molecular weight is 235 g/mol. The van der Waals surface area contributed by atoms with Crippen LogP contribution in [0.15, 0.2) is 18.9 Å². The molecule has 0 atom stereocenters. The molecule has 2 rings (SSSR count). The minimum Gasteiger partial charge on any atom is -0.311 e. The molecule has 0 spiro atoms. The van der Waals surface area contributed by atoms with Crippen LogP contribution in [0.1, 0.15) is 22.7 Å². The van der Waals surface area contributed by atoms with E-state index in [1.807, 2.05) is 6.08 Å². The Morgan fingerprint density at radius 3 is 3.12 bits per heavy atom. The Kier molecular flexibility index (Phi) is 3.41. The first-order chi connectivity index (χ1) is 7.72. The van der Waals surface area contributed by atoms with Crippen molar-refractivity contribution in [3.05, 3.63) is 35.1 Å². The van der Waals surface area contributed by atoms with Crippen molar-refractivity contribution in [2.24, 2.45) is 0 Å². The molecule has 0 fully saturated rings. The Hall–Kier alpha value is -1.13. The van der Waals surface area contributed by atoms with Gasteiger partial charge >= 0.3 is 0 Å². The van der Waals surface area contributed by atoms with Crippen LogP contribution >= 0.6 is 11.3 Å². The summed E-state index contributed by atoms with van der Waals surface area (Å²) in [6, 6.07) is 0. The second kappa shape index (κ2) is 4.80. The molecule has 0 aromatic carbocycles. The lowest BCUT2D eigenvalue weighted by molar-refractivity contribution is 0.676. The number of thiazole rings is 1. The molecule has 0 saturated carbocycles. The van der Waals surface area contributed by atoms with E-state index < -0.39 is 0 Å². The molecule has 4 heteroatoms. The van der Waals surface area contributed by atoms with Gasteiger partial charge in [-0.05, 0) is 26.8 Å². The van der Waals surface area contributed by atoms with Crippen molar-refractivity contribution in [1.29, 1.82) is 0 Å². The van der Waals surface area contributed by atoms with Gasteiger partial charge in [-0.25, -0.2) is 4.98 Å². The van der Waals surface area contributed by atoms with Crippen molar-refractivity contribution in [2.75, 3.05) is 6.54 Å². The fourth-order valence-corrected chi connectivity index (χ4v) is 2.62. The molecule has 16 heavy (non-hydrogen) atoms. The Balaban J connectivity index is 2.15. The summed E-state index contributed by atoms with van der Waals surface area (Å²) in [6.45, 7) is 9.74. The minimum atomic E-state index is 0.872. The van der Waals surface area contributed by atoms with Gasteiger partial charge in [0.15, 0.2) is 4.96 Å². The second-order valence-corrected chi connectivity index (χ2v) is 5.11. The lowest BCUT2D eigenvalue weighted by Crippen LogP contribution is -2.15. The van der Waals surface area contributed by atoms with Crippen LogP contribution in [-0.2, 0) is 6.54 Å². The lowest BCUT2D eigenvalue weighted by atomic mass is 10.3. The van der Waals surface area contributed by atoms with Crippen LogP contribution in [0.3, 0.4) is 0 Å². The van der Waals surface area contributed by atoms with Crippen molar-refractivity contribution >= 4 is 16.3 Å². The zero-order valence-electron chi connectivity index (χ0n) is 9.79. The largest absolute Gasteiger partial charge is 0.311 e. The number of nitrogens with one attached hydrogen (secondary N) is 1. The number of imidazole rings is 1. The number of aryl methyl sites for hydroxylation is 2. The van der Waals surface area contributed by atoms with Gasteiger partial charge in [0.2, 0.25) is 0 Å². The van der Waals surface area contributed by atoms with Crippen molar-refractivity contribution < 1.29 is 0 Å². The molecule has 2 aromatic heterocycles. The zero-order chi connectivity index (χ0) is 11.5. The molecule has 0 unspecified atom stereocenters. The summed E-state index contributed by atoms with van der Waals surface area (Å²) in [5.41, 5.74) is 2.39. The maximum atomic E-state index is 4.55. The minimum absolute atomic E-state index is 0.872. The highest BCUT2D eigenvalue weighted by Gasteiger charge is 2.09. The SMILES string of the molecule is C=CCCNCc1c(C)nc2sc(C)cn12. The highest BCUT2D eigenvalue weighted by atomic mass is 32.1. The van der Waals surface area contributed by atoms with Crippen LogP contribution < -0.4 is 5.32 Å². The summed E-state index contributed by atoms with van der Waals surface area (Å²) >= 11 is 1.74. The average Bonchev–Trinajstić information content (AvgIpc) is 2.70. The number of aromatic nitrogens is 2. The van der Waals surface area contributed by atoms with Gasteiger partial charge in [0.1, 0.15) is 0 Å². The number of nitrogens with zero attached hydrogens (tertiary/aromatic N) is 2. The van der Waals surface area contributed by atoms with Crippen LogP contribution in [0.4, 0.5) is 0 Å². The van der Waals surface area contributed by atoms with E-state index in [4.69, 9.17) is 0 Å². The Morgan fingerprint density at radius 2 is 2.38 bits per heavy atom. The number of hydrogen-bond acceptors (Lipinski definition) is 3. The summed E-state index contributed by atoms with van der Waals surface area (Å²) < 4.78 is 2.19. The maximum Gasteiger partial charge on any atom is 0.194 e. The Labute approximate surface area is 99.8 Å². The van der Waals surface area contributed by atoms with Gasteiger partial charge in [-0.1, -0.05) is 6.08 Å². The molecule has 0 amide bonds. The molecule has 0 bridgehead atoms. The van der Waals surface area contributed by atoms with Crippen LogP contribution in [0.2, 0.25) is 0 Å². The fourth-order valence-electron chi connectivity index (χ4n) is 1.73. The number of rotatable bonds is 5. The van der Waals surface area contributed by atoms with E-state index in [0.717, 1.165) is 30.2 Å². The summed E-state index contributed by atoms with van der Waals surface area (Å²) in [7, 11) is 0. The molecular weight excluding hydrogens is 218 g/mol. The molecule has 3 nitrogen and oxygen atoms in total. The topological polar surface area (TPSA) is 29.3 Å². The summed E-state index contributed by atoms with van der Waals surface area (Å²) in [5, 5.41) is 3.40. The van der Waals surface area contributed by atoms with Crippen LogP contribution in [0, 0.1) is 13.8 Å². The van der Waals surface area contributed by atoms with Gasteiger partial charge in [0.25, 0.3) is 0 Å². The Bertz CT molecular complexity index is 496. The standard InChI is InChI=1S/C12H17N3S/c1-4-5-6-13-7-11-10(3)14-12-15(11)8-9(2)16-12/h4,8,13H,1,5-7H2,2-3H3. The monoisotopic (exact) mass is 235 g/mol. The summed E-state index contributed by atoms with van der Waals surface area (Å²) in [6.07, 6.45) is 5.09. The van der Waals surface area contributed by atoms with E-state index in [1.165, 1.54) is 10.6 Å². The molecule has 0 saturated heterocycles. The van der Waals surface area contributed by atoms with Crippen molar-refractivity contribution in [3.8, 4) is 0 Å². The van der Waals surface area contributed by atoms with Gasteiger partial charge in [0.05, 0.1) is 11.4 Å². The van der Waals surface area contributed by atoms with E-state index in [0.29, 0.717) is 0 Å². The Morgan fingerprint density at radius 1 is 1.56 bits per heavy atom. The molecule has 1 N–H and O–H groups in total. The van der Waals surface area contributed by atoms with Gasteiger partial charge in [0, 0.05) is 17.6 Å². The first kappa shape index (κ1) is 11.4. The van der Waals surface area contributed by atoms with E-state index in [1.54, 1.807) is 11.3 Å². The van der Waals surface area contributed by atoms with Crippen molar-refractivity contribution in [1.82, 2.24) is 14.7 Å². The van der Waals surface area contributed by atoms with Crippen LogP contribution in [0.25, 0.3) is 4.96 Å². The molecule has 0 aliphatic heterocycles. The van der Waals surface area contributed by atoms with Gasteiger partial charge in [-0.3, -0.25) is 4.40 Å². The molecule has 2 aromatic rings. The highest BCUT2D eigenvalue weighted by Crippen LogP contribution is 2.20. The van der Waals surface area contributed by atoms with E-state index >= 15 is 0 Å². The molecular formula is C12H17N3S. The lowest BCUT2D eigenvalue weighted by Gasteiger charge is -2.03. The second-order valence-electron chi connectivity index (χ2n) is 3.89.